The van der Waals surface area contributed by atoms with Gasteiger partial charge in [-0.1, -0.05) is 23.7 Å². The summed E-state index contributed by atoms with van der Waals surface area (Å²) in [5, 5.41) is 22.0. The molecule has 3 saturated carbocycles. The number of ether oxygens (including phenoxy) is 1. The maximum absolute atomic E-state index is 13.5. The molecule has 2 atom stereocenters. The summed E-state index contributed by atoms with van der Waals surface area (Å²) < 4.78 is 19.0. The van der Waals surface area contributed by atoms with Crippen molar-refractivity contribution in [2.24, 2.45) is 5.92 Å². The molecule has 4 fully saturated rings. The average Bonchev–Trinajstić information content (AvgIpc) is 3.50. The molecule has 4 aliphatic rings. The number of para-hydroxylation sites is 1. The molecule has 0 aromatic heterocycles. The Labute approximate surface area is 196 Å². The molecule has 10 heteroatoms. The Hall–Kier alpha value is -2.43. The standard InChI is InChI=1S/C23H27ClFN5O3/c24-17-6-5-15(7-18(17)25)33-11-21(31)28-19-10-23(8-14(19)9-23)29-22(32)16-3-1-2-4-20(16)30-13-26-12-27-30/h1-7,14,19,21,26-28,31H,8-13H2,(H,29,32). The number of aliphatic hydroxyl groups excluding tert-OH is 1. The van der Waals surface area contributed by atoms with E-state index in [2.05, 4.69) is 21.4 Å². The largest absolute Gasteiger partial charge is 0.489 e. The predicted octanol–water partition coefficient (Wildman–Crippen LogP) is 1.95. The van der Waals surface area contributed by atoms with Gasteiger partial charge in [0.2, 0.25) is 0 Å². The smallest absolute Gasteiger partial charge is 0.253 e. The van der Waals surface area contributed by atoms with E-state index in [0.717, 1.165) is 24.9 Å². The minimum atomic E-state index is -0.907. The number of rotatable bonds is 8. The number of aliphatic hydroxyl groups is 1. The van der Waals surface area contributed by atoms with Crippen molar-refractivity contribution in [1.29, 1.82) is 0 Å². The Kier molecular flexibility index (Phi) is 6.15. The molecule has 2 aromatic rings. The third-order valence-corrected chi connectivity index (χ3v) is 6.98. The molecular weight excluding hydrogens is 449 g/mol. The third-order valence-electron chi connectivity index (χ3n) is 6.67. The Balaban J connectivity index is 1.15. The zero-order chi connectivity index (χ0) is 23.0. The first-order valence-corrected chi connectivity index (χ1v) is 11.5. The van der Waals surface area contributed by atoms with Crippen LogP contribution in [-0.4, -0.2) is 48.8 Å². The van der Waals surface area contributed by atoms with Crippen LogP contribution in [0.25, 0.3) is 0 Å². The van der Waals surface area contributed by atoms with E-state index in [-0.39, 0.29) is 29.1 Å². The van der Waals surface area contributed by atoms with Gasteiger partial charge in [0.1, 0.15) is 24.4 Å². The zero-order valence-corrected chi connectivity index (χ0v) is 18.7. The van der Waals surface area contributed by atoms with E-state index in [0.29, 0.717) is 30.6 Å². The Bertz CT molecular complexity index is 1030. The van der Waals surface area contributed by atoms with Crippen LogP contribution in [-0.2, 0) is 0 Å². The second kappa shape index (κ2) is 9.08. The summed E-state index contributed by atoms with van der Waals surface area (Å²) in [5.74, 6) is 0.0301. The van der Waals surface area contributed by atoms with E-state index in [1.165, 1.54) is 12.1 Å². The predicted molar refractivity (Wildman–Crippen MR) is 122 cm³/mol. The number of amides is 1. The van der Waals surface area contributed by atoms with Crippen molar-refractivity contribution in [1.82, 2.24) is 21.4 Å². The Morgan fingerprint density at radius 2 is 2.12 bits per heavy atom. The number of nitrogens with zero attached hydrogens (tertiary/aromatic N) is 1. The van der Waals surface area contributed by atoms with Gasteiger partial charge in [0, 0.05) is 17.6 Å². The summed E-state index contributed by atoms with van der Waals surface area (Å²) in [6.07, 6.45) is 1.58. The van der Waals surface area contributed by atoms with Gasteiger partial charge in [-0.05, 0) is 49.4 Å². The molecule has 1 amide bonds. The van der Waals surface area contributed by atoms with Gasteiger partial charge in [0.15, 0.2) is 0 Å². The molecule has 33 heavy (non-hydrogen) atoms. The van der Waals surface area contributed by atoms with Crippen LogP contribution in [0, 0.1) is 11.7 Å². The number of nitrogens with one attached hydrogen (secondary N) is 4. The quantitative estimate of drug-likeness (QED) is 0.372. The van der Waals surface area contributed by atoms with Crippen molar-refractivity contribution in [2.45, 2.75) is 37.1 Å². The minimum Gasteiger partial charge on any atom is -0.489 e. The highest BCUT2D eigenvalue weighted by molar-refractivity contribution is 6.30. The molecule has 1 heterocycles. The highest BCUT2D eigenvalue weighted by Crippen LogP contribution is 2.52. The highest BCUT2D eigenvalue weighted by atomic mass is 35.5. The lowest BCUT2D eigenvalue weighted by atomic mass is 9.76. The highest BCUT2D eigenvalue weighted by Gasteiger charge is 2.57. The van der Waals surface area contributed by atoms with Crippen molar-refractivity contribution in [2.75, 3.05) is 25.0 Å². The number of benzene rings is 2. The van der Waals surface area contributed by atoms with Crippen LogP contribution in [0.5, 0.6) is 5.75 Å². The second-order valence-corrected chi connectivity index (χ2v) is 9.38. The molecule has 5 N–H and O–H groups in total. The number of anilines is 1. The van der Waals surface area contributed by atoms with Crippen LogP contribution in [0.2, 0.25) is 5.02 Å². The number of hydrogen-bond donors (Lipinski definition) is 5. The van der Waals surface area contributed by atoms with Gasteiger partial charge in [-0.2, -0.15) is 0 Å². The number of carbonyl (C=O) groups is 1. The SMILES string of the molecule is O=C(NC12CC(C1)C(NC(O)COc1ccc(Cl)c(F)c1)C2)c1ccccc1N1CNCN1. The first-order chi connectivity index (χ1) is 15.9. The van der Waals surface area contributed by atoms with Crippen LogP contribution >= 0.6 is 11.6 Å². The van der Waals surface area contributed by atoms with Crippen LogP contribution < -0.4 is 31.1 Å². The average molecular weight is 476 g/mol. The number of carbonyl (C=O) groups excluding carboxylic acids is 1. The third kappa shape index (κ3) is 4.64. The van der Waals surface area contributed by atoms with Gasteiger partial charge in [-0.15, -0.1) is 0 Å². The van der Waals surface area contributed by atoms with E-state index >= 15 is 0 Å². The summed E-state index contributed by atoms with van der Waals surface area (Å²) in [7, 11) is 0. The molecule has 1 aliphatic heterocycles. The molecule has 2 bridgehead atoms. The molecule has 3 aliphatic carbocycles. The van der Waals surface area contributed by atoms with Crippen LogP contribution in [0.3, 0.4) is 0 Å². The first-order valence-electron chi connectivity index (χ1n) is 11.1. The topological polar surface area (TPSA) is 97.9 Å². The molecule has 2 unspecified atom stereocenters. The van der Waals surface area contributed by atoms with Crippen LogP contribution in [0.4, 0.5) is 10.1 Å². The fourth-order valence-corrected chi connectivity index (χ4v) is 5.24. The molecule has 0 radical (unpaired) electrons. The van der Waals surface area contributed by atoms with Crippen molar-refractivity contribution >= 4 is 23.2 Å². The van der Waals surface area contributed by atoms with Gasteiger partial charge in [-0.25, -0.2) is 9.82 Å². The van der Waals surface area contributed by atoms with Gasteiger partial charge < -0.3 is 15.2 Å². The van der Waals surface area contributed by atoms with Crippen LogP contribution in [0.1, 0.15) is 29.6 Å². The number of hydrazine groups is 1. The summed E-state index contributed by atoms with van der Waals surface area (Å²) in [6, 6.07) is 11.8. The maximum Gasteiger partial charge on any atom is 0.253 e. The van der Waals surface area contributed by atoms with Crippen molar-refractivity contribution < 1.29 is 19.0 Å². The molecule has 176 valence electrons. The lowest BCUT2D eigenvalue weighted by Gasteiger charge is -2.39. The monoisotopic (exact) mass is 475 g/mol. The van der Waals surface area contributed by atoms with E-state index in [9.17, 15) is 14.3 Å². The summed E-state index contributed by atoms with van der Waals surface area (Å²) >= 11 is 5.68. The fourth-order valence-electron chi connectivity index (χ4n) is 5.12. The van der Waals surface area contributed by atoms with E-state index < -0.39 is 12.0 Å². The van der Waals surface area contributed by atoms with E-state index in [4.69, 9.17) is 16.3 Å². The molecule has 0 spiro atoms. The summed E-state index contributed by atoms with van der Waals surface area (Å²) in [6.45, 7) is 1.27. The van der Waals surface area contributed by atoms with Crippen molar-refractivity contribution in [3.63, 3.8) is 0 Å². The van der Waals surface area contributed by atoms with Crippen molar-refractivity contribution in [3.05, 3.63) is 58.9 Å². The number of fused-ring (bicyclic) bond motifs is 1. The molecule has 1 saturated heterocycles. The van der Waals surface area contributed by atoms with Gasteiger partial charge in [0.25, 0.3) is 5.91 Å². The van der Waals surface area contributed by atoms with Gasteiger partial charge in [-0.3, -0.25) is 20.4 Å². The van der Waals surface area contributed by atoms with Crippen LogP contribution in [0.15, 0.2) is 42.5 Å². The first kappa shape index (κ1) is 22.4. The summed E-state index contributed by atoms with van der Waals surface area (Å²) in [5.41, 5.74) is 4.41. The van der Waals surface area contributed by atoms with E-state index in [1.807, 2.05) is 29.3 Å². The van der Waals surface area contributed by atoms with E-state index in [1.54, 1.807) is 6.07 Å². The lowest BCUT2D eigenvalue weighted by molar-refractivity contribution is 0.0625. The lowest BCUT2D eigenvalue weighted by Crippen LogP contribution is -2.52. The maximum atomic E-state index is 13.5. The molecule has 2 aromatic carbocycles. The number of halogens is 2. The summed E-state index contributed by atoms with van der Waals surface area (Å²) in [4.78, 5) is 13.1. The number of hydrogen-bond acceptors (Lipinski definition) is 7. The van der Waals surface area contributed by atoms with Gasteiger partial charge in [0.05, 0.1) is 29.6 Å². The zero-order valence-electron chi connectivity index (χ0n) is 18.0. The van der Waals surface area contributed by atoms with Crippen molar-refractivity contribution in [3.8, 4) is 5.75 Å². The molecule has 6 rings (SSSR count). The molecular formula is C23H27ClFN5O3. The fraction of sp³-hybridized carbons (Fsp3) is 0.435. The normalized spacial score (nSPS) is 26.7. The second-order valence-electron chi connectivity index (χ2n) is 8.97. The Morgan fingerprint density at radius 3 is 2.88 bits per heavy atom. The van der Waals surface area contributed by atoms with Gasteiger partial charge >= 0.3 is 0 Å². The minimum absolute atomic E-state index is 0.0199. The molecule has 8 nitrogen and oxygen atoms in total. The Morgan fingerprint density at radius 1 is 1.30 bits per heavy atom.